The van der Waals surface area contributed by atoms with E-state index < -0.39 is 34.8 Å². The number of hydrogen-bond acceptors (Lipinski definition) is 6. The van der Waals surface area contributed by atoms with E-state index in [1.54, 1.807) is 0 Å². The Kier molecular flexibility index (Phi) is 6.65. The van der Waals surface area contributed by atoms with Gasteiger partial charge in [0.1, 0.15) is 6.04 Å². The van der Waals surface area contributed by atoms with Crippen molar-refractivity contribution in [1.82, 2.24) is 5.32 Å². The average Bonchev–Trinajstić information content (AvgIpc) is 2.39. The van der Waals surface area contributed by atoms with Crippen LogP contribution in [0.1, 0.15) is 20.3 Å². The van der Waals surface area contributed by atoms with Gasteiger partial charge in [0.25, 0.3) is 0 Å². The zero-order valence-corrected chi connectivity index (χ0v) is 13.3. The molecule has 0 amide bonds. The minimum atomic E-state index is -2.40. The largest absolute Gasteiger partial charge is 0.480 e. The fourth-order valence-corrected chi connectivity index (χ4v) is 2.21. The minimum Gasteiger partial charge on any atom is -0.480 e. The molecule has 0 saturated heterocycles. The topological polar surface area (TPSA) is 124 Å². The van der Waals surface area contributed by atoms with Gasteiger partial charge >= 0.3 is 5.97 Å². The van der Waals surface area contributed by atoms with E-state index in [0.29, 0.717) is 5.57 Å². The minimum absolute atomic E-state index is 0. The van der Waals surface area contributed by atoms with E-state index in [-0.39, 0.29) is 18.8 Å². The first-order valence-electron chi connectivity index (χ1n) is 6.36. The van der Waals surface area contributed by atoms with Gasteiger partial charge in [-0.05, 0) is 45.0 Å². The predicted molar refractivity (Wildman–Crippen MR) is 80.8 cm³/mol. The van der Waals surface area contributed by atoms with Crippen molar-refractivity contribution in [2.45, 2.75) is 37.5 Å². The van der Waals surface area contributed by atoms with E-state index >= 15 is 0 Å². The number of carbonyl (C=O) groups is 3. The number of aliphatic hydroxyl groups is 2. The van der Waals surface area contributed by atoms with Crippen molar-refractivity contribution in [3.63, 3.8) is 0 Å². The lowest BCUT2D eigenvalue weighted by Gasteiger charge is -2.38. The number of ketones is 2. The van der Waals surface area contributed by atoms with Gasteiger partial charge in [0, 0.05) is 0 Å². The van der Waals surface area contributed by atoms with Gasteiger partial charge in [-0.25, -0.2) is 0 Å². The Morgan fingerprint density at radius 3 is 2.05 bits per heavy atom. The molecule has 0 heterocycles. The summed E-state index contributed by atoms with van der Waals surface area (Å²) in [4.78, 5) is 34.3. The van der Waals surface area contributed by atoms with Gasteiger partial charge in [-0.15, -0.1) is 12.4 Å². The molecular weight excluding hydrogens is 314 g/mol. The summed E-state index contributed by atoms with van der Waals surface area (Å²) < 4.78 is 0. The SMILES string of the molecule is CNC(CC1=CC(O)(C(C)=O)C(O)(C(C)=O)C=C1)C(=O)O.Cl. The number of carbonyl (C=O) groups excluding carboxylic acids is 2. The summed E-state index contributed by atoms with van der Waals surface area (Å²) in [5, 5.41) is 32.3. The quantitative estimate of drug-likeness (QED) is 0.521. The number of halogens is 1. The second-order valence-corrected chi connectivity index (χ2v) is 5.08. The first-order chi connectivity index (χ1) is 9.58. The van der Waals surface area contributed by atoms with Crippen molar-refractivity contribution < 1.29 is 29.7 Å². The van der Waals surface area contributed by atoms with E-state index in [9.17, 15) is 24.6 Å². The van der Waals surface area contributed by atoms with Crippen LogP contribution in [0.3, 0.4) is 0 Å². The highest BCUT2D eigenvalue weighted by Crippen LogP contribution is 2.34. The van der Waals surface area contributed by atoms with Crippen LogP contribution >= 0.6 is 12.4 Å². The van der Waals surface area contributed by atoms with Gasteiger partial charge in [-0.1, -0.05) is 6.08 Å². The van der Waals surface area contributed by atoms with E-state index in [4.69, 9.17) is 5.11 Å². The van der Waals surface area contributed by atoms with Crippen molar-refractivity contribution in [2.24, 2.45) is 0 Å². The molecule has 4 N–H and O–H groups in total. The summed E-state index contributed by atoms with van der Waals surface area (Å²) in [6, 6.07) is -0.916. The Morgan fingerprint density at radius 1 is 1.18 bits per heavy atom. The van der Waals surface area contributed by atoms with Crippen LogP contribution in [0.4, 0.5) is 0 Å². The predicted octanol–water partition coefficient (Wildman–Crippen LogP) is -0.393. The molecule has 0 bridgehead atoms. The van der Waals surface area contributed by atoms with Crippen LogP contribution in [0.15, 0.2) is 23.8 Å². The zero-order chi connectivity index (χ0) is 16.4. The Bertz CT molecular complexity index is 543. The van der Waals surface area contributed by atoms with Gasteiger partial charge in [0.2, 0.25) is 0 Å². The molecule has 8 heteroatoms. The van der Waals surface area contributed by atoms with Crippen molar-refractivity contribution in [1.29, 1.82) is 0 Å². The van der Waals surface area contributed by atoms with E-state index in [0.717, 1.165) is 26.0 Å². The Morgan fingerprint density at radius 2 is 1.68 bits per heavy atom. The van der Waals surface area contributed by atoms with Crippen LogP contribution in [-0.2, 0) is 14.4 Å². The molecule has 22 heavy (non-hydrogen) atoms. The number of rotatable bonds is 6. The molecule has 7 nitrogen and oxygen atoms in total. The summed E-state index contributed by atoms with van der Waals surface area (Å²) in [7, 11) is 1.47. The molecule has 0 spiro atoms. The Labute approximate surface area is 134 Å². The molecule has 0 aromatic heterocycles. The molecule has 1 aliphatic carbocycles. The number of carboxylic acids is 1. The van der Waals surface area contributed by atoms with Crippen molar-refractivity contribution in [3.05, 3.63) is 23.8 Å². The molecule has 0 fully saturated rings. The van der Waals surface area contributed by atoms with Crippen molar-refractivity contribution in [3.8, 4) is 0 Å². The summed E-state index contributed by atoms with van der Waals surface area (Å²) in [5.74, 6) is -2.68. The third kappa shape index (κ3) is 3.44. The van der Waals surface area contributed by atoms with Gasteiger partial charge in [0.15, 0.2) is 22.8 Å². The Balaban J connectivity index is 0.00000441. The molecule has 3 atom stereocenters. The fraction of sp³-hybridized carbons (Fsp3) is 0.500. The summed E-state index contributed by atoms with van der Waals surface area (Å²) in [6.07, 6.45) is 3.41. The molecule has 0 saturated carbocycles. The second-order valence-electron chi connectivity index (χ2n) is 5.08. The highest BCUT2D eigenvalue weighted by atomic mass is 35.5. The lowest BCUT2D eigenvalue weighted by Crippen LogP contribution is -2.61. The number of Topliss-reactive ketones (excluding diaryl/α,β-unsaturated/α-hetero) is 2. The lowest BCUT2D eigenvalue weighted by atomic mass is 9.72. The summed E-state index contributed by atoms with van der Waals surface area (Å²) >= 11 is 0. The molecule has 3 unspecified atom stereocenters. The molecule has 0 aromatic carbocycles. The summed E-state index contributed by atoms with van der Waals surface area (Å²) in [5.41, 5.74) is -4.42. The normalized spacial score (nSPS) is 28.3. The number of carboxylic acid groups (broad SMARTS) is 1. The third-order valence-electron chi connectivity index (χ3n) is 3.67. The first-order valence-corrected chi connectivity index (χ1v) is 6.36. The van der Waals surface area contributed by atoms with Crippen LogP contribution in [0.5, 0.6) is 0 Å². The third-order valence-corrected chi connectivity index (χ3v) is 3.67. The lowest BCUT2D eigenvalue weighted by molar-refractivity contribution is -0.162. The molecule has 1 aliphatic rings. The van der Waals surface area contributed by atoms with Crippen molar-refractivity contribution >= 4 is 29.9 Å². The van der Waals surface area contributed by atoms with Crippen LogP contribution < -0.4 is 5.32 Å². The smallest absolute Gasteiger partial charge is 0.321 e. The molecule has 1 rings (SSSR count). The Hall–Kier alpha value is -1.54. The van der Waals surface area contributed by atoms with Crippen LogP contribution in [0.25, 0.3) is 0 Å². The number of allylic oxidation sites excluding steroid dienone is 1. The monoisotopic (exact) mass is 333 g/mol. The van der Waals surface area contributed by atoms with E-state index in [1.807, 2.05) is 0 Å². The number of aliphatic carboxylic acids is 1. The van der Waals surface area contributed by atoms with Crippen molar-refractivity contribution in [2.75, 3.05) is 7.05 Å². The highest BCUT2D eigenvalue weighted by molar-refractivity contribution is 6.01. The summed E-state index contributed by atoms with van der Waals surface area (Å²) in [6.45, 7) is 2.11. The van der Waals surface area contributed by atoms with Gasteiger partial charge in [-0.3, -0.25) is 14.4 Å². The molecular formula is C14H20ClNO6. The standard InChI is InChI=1S/C14H19NO6.ClH/c1-8(16)13(20)5-4-10(6-11(15-3)12(18)19)7-14(13,21)9(2)17;/h4-5,7,11,15,20-21H,6H2,1-3H3,(H,18,19);1H. The second kappa shape index (κ2) is 7.15. The van der Waals surface area contributed by atoms with Crippen LogP contribution in [0.2, 0.25) is 0 Å². The number of likely N-dealkylation sites (N-methyl/N-ethyl adjacent to an activating group) is 1. The molecule has 0 aliphatic heterocycles. The van der Waals surface area contributed by atoms with Crippen LogP contribution in [0, 0.1) is 0 Å². The van der Waals surface area contributed by atoms with Gasteiger partial charge < -0.3 is 20.6 Å². The number of hydrogen-bond donors (Lipinski definition) is 4. The van der Waals surface area contributed by atoms with E-state index in [2.05, 4.69) is 5.32 Å². The van der Waals surface area contributed by atoms with Crippen LogP contribution in [-0.4, -0.2) is 57.1 Å². The molecule has 0 radical (unpaired) electrons. The highest BCUT2D eigenvalue weighted by Gasteiger charge is 2.54. The maximum atomic E-state index is 11.7. The maximum absolute atomic E-state index is 11.7. The number of nitrogens with one attached hydrogen (secondary N) is 1. The van der Waals surface area contributed by atoms with E-state index in [1.165, 1.54) is 13.1 Å². The molecule has 124 valence electrons. The fourth-order valence-electron chi connectivity index (χ4n) is 2.21. The average molecular weight is 334 g/mol. The first kappa shape index (κ1) is 20.5. The molecule has 0 aromatic rings. The zero-order valence-electron chi connectivity index (χ0n) is 12.5. The van der Waals surface area contributed by atoms with Gasteiger partial charge in [-0.2, -0.15) is 0 Å². The van der Waals surface area contributed by atoms with Gasteiger partial charge in [0.05, 0.1) is 0 Å². The maximum Gasteiger partial charge on any atom is 0.321 e.